The van der Waals surface area contributed by atoms with E-state index in [-0.39, 0.29) is 27.5 Å². The monoisotopic (exact) mass is 552 g/mol. The van der Waals surface area contributed by atoms with Crippen LogP contribution in [0.4, 0.5) is 4.39 Å². The number of fused-ring (bicyclic) bond motifs is 5. The minimum Gasteiger partial charge on any atom is -0.497 e. The number of halogens is 2. The zero-order chi connectivity index (χ0) is 25.8. The summed E-state index contributed by atoms with van der Waals surface area (Å²) < 4.78 is 28.7. The van der Waals surface area contributed by atoms with Crippen molar-refractivity contribution in [2.45, 2.75) is 63.3 Å². The lowest BCUT2D eigenvalue weighted by molar-refractivity contribution is -0.194. The highest BCUT2D eigenvalue weighted by Crippen LogP contribution is 2.72. The first-order chi connectivity index (χ1) is 16.4. The number of rotatable bonds is 6. The van der Waals surface area contributed by atoms with Crippen molar-refractivity contribution >= 4 is 33.7 Å². The molecule has 192 valence electrons. The van der Waals surface area contributed by atoms with Crippen LogP contribution in [-0.4, -0.2) is 48.0 Å². The van der Waals surface area contributed by atoms with Crippen LogP contribution >= 0.6 is 15.9 Å². The molecule has 8 heteroatoms. The van der Waals surface area contributed by atoms with Crippen LogP contribution in [0.3, 0.4) is 0 Å². The van der Waals surface area contributed by atoms with Crippen LogP contribution in [0.25, 0.3) is 0 Å². The maximum Gasteiger partial charge on any atom is 0.337 e. The van der Waals surface area contributed by atoms with Crippen molar-refractivity contribution in [3.63, 3.8) is 0 Å². The van der Waals surface area contributed by atoms with Crippen LogP contribution in [0.2, 0.25) is 0 Å². The Morgan fingerprint density at radius 2 is 1.91 bits per heavy atom. The molecule has 0 aromatic heterocycles. The smallest absolute Gasteiger partial charge is 0.337 e. The van der Waals surface area contributed by atoms with Crippen LogP contribution in [0.5, 0.6) is 0 Å². The highest BCUT2D eigenvalue weighted by molar-refractivity contribution is 9.10. The van der Waals surface area contributed by atoms with Crippen LogP contribution in [0, 0.1) is 28.6 Å². The molecular formula is C27H34BrFO6. The van der Waals surface area contributed by atoms with E-state index in [1.165, 1.54) is 12.5 Å². The van der Waals surface area contributed by atoms with Gasteiger partial charge in [-0.25, -0.2) is 9.18 Å². The lowest BCUT2D eigenvalue weighted by atomic mass is 9.48. The fraction of sp³-hybridized carbons (Fsp3) is 0.667. The summed E-state index contributed by atoms with van der Waals surface area (Å²) in [6, 6.07) is 0. The number of esters is 2. The van der Waals surface area contributed by atoms with Gasteiger partial charge in [-0.3, -0.25) is 9.59 Å². The predicted octanol–water partition coefficient (Wildman–Crippen LogP) is 5.01. The molecule has 0 radical (unpaired) electrons. The Hall–Kier alpha value is -1.96. The number of ether oxygens (including phenoxy) is 3. The second kappa shape index (κ2) is 8.86. The lowest BCUT2D eigenvalue weighted by Crippen LogP contribution is -2.64. The Morgan fingerprint density at radius 3 is 2.54 bits per heavy atom. The SMILES string of the molecule is COC1=CC2=CC[C@H]3[C@@H]4C[C@H](C)[C@](OC(C)=O)(C(=O)COC(=O)CF)[C@@]4(C)CC[C@]3(Br)[C@@]2(C)C=C1. The second-order valence-corrected chi connectivity index (χ2v) is 12.3. The van der Waals surface area contributed by atoms with Crippen molar-refractivity contribution in [3.8, 4) is 0 Å². The third-order valence-corrected chi connectivity index (χ3v) is 11.2. The molecule has 0 amide bonds. The molecule has 0 heterocycles. The van der Waals surface area contributed by atoms with E-state index in [9.17, 15) is 18.8 Å². The first-order valence-corrected chi connectivity index (χ1v) is 13.0. The van der Waals surface area contributed by atoms with Gasteiger partial charge in [0.15, 0.2) is 18.9 Å². The topological polar surface area (TPSA) is 78.9 Å². The van der Waals surface area contributed by atoms with Crippen LogP contribution in [0.1, 0.15) is 53.4 Å². The van der Waals surface area contributed by atoms with Gasteiger partial charge in [-0.15, -0.1) is 0 Å². The van der Waals surface area contributed by atoms with Gasteiger partial charge in [0, 0.05) is 28.0 Å². The maximum atomic E-state index is 13.7. The normalized spacial score (nSPS) is 41.5. The molecule has 4 rings (SSSR count). The summed E-state index contributed by atoms with van der Waals surface area (Å²) in [4.78, 5) is 37.4. The fourth-order valence-corrected chi connectivity index (χ4v) is 8.74. The van der Waals surface area contributed by atoms with E-state index in [0.717, 1.165) is 18.6 Å². The summed E-state index contributed by atoms with van der Waals surface area (Å²) in [5.41, 5.74) is -1.16. The molecule has 2 saturated carbocycles. The van der Waals surface area contributed by atoms with E-state index in [2.05, 4.69) is 41.1 Å². The number of carbonyl (C=O) groups is 3. The molecule has 0 aromatic carbocycles. The van der Waals surface area contributed by atoms with Gasteiger partial charge < -0.3 is 14.2 Å². The Bertz CT molecular complexity index is 1030. The summed E-state index contributed by atoms with van der Waals surface area (Å²) in [6.45, 7) is 5.58. The van der Waals surface area contributed by atoms with Gasteiger partial charge in [0.2, 0.25) is 5.78 Å². The molecule has 35 heavy (non-hydrogen) atoms. The Balaban J connectivity index is 1.75. The average molecular weight is 553 g/mol. The maximum absolute atomic E-state index is 13.7. The van der Waals surface area contributed by atoms with E-state index in [1.807, 2.05) is 19.9 Å². The van der Waals surface area contributed by atoms with Gasteiger partial charge in [-0.2, -0.15) is 0 Å². The largest absolute Gasteiger partial charge is 0.497 e. The van der Waals surface area contributed by atoms with Crippen molar-refractivity contribution in [1.82, 2.24) is 0 Å². The van der Waals surface area contributed by atoms with Gasteiger partial charge in [0.05, 0.1) is 7.11 Å². The number of methoxy groups -OCH3 is 1. The minimum absolute atomic E-state index is 0.0710. The van der Waals surface area contributed by atoms with Crippen LogP contribution < -0.4 is 0 Å². The first-order valence-electron chi connectivity index (χ1n) is 12.2. The molecule has 4 aliphatic rings. The van der Waals surface area contributed by atoms with Crippen molar-refractivity contribution < 1.29 is 33.0 Å². The summed E-state index contributed by atoms with van der Waals surface area (Å²) in [5.74, 6) is -1.34. The fourth-order valence-electron chi connectivity index (χ4n) is 7.68. The standard InChI is InChI=1S/C27H34BrFO6/c1-16-12-21-20-7-6-18-13-19(33-5)8-9-24(18,3)26(20,28)11-10-25(21,4)27(16,35-17(2)30)22(31)15-34-23(32)14-29/h6,8-9,13,16,20-21H,7,10-12,14-15H2,1-5H3/t16-,20-,21-,24-,25-,26+,27-/m0/s1. The second-order valence-electron chi connectivity index (χ2n) is 10.9. The van der Waals surface area contributed by atoms with E-state index in [4.69, 9.17) is 14.2 Å². The highest BCUT2D eigenvalue weighted by Gasteiger charge is 2.73. The summed E-state index contributed by atoms with van der Waals surface area (Å²) in [7, 11) is 1.66. The molecule has 0 spiro atoms. The van der Waals surface area contributed by atoms with Crippen molar-refractivity contribution in [3.05, 3.63) is 35.6 Å². The molecule has 0 aromatic rings. The van der Waals surface area contributed by atoms with Gasteiger partial charge in [-0.05, 0) is 55.2 Å². The van der Waals surface area contributed by atoms with E-state index in [1.54, 1.807) is 7.11 Å². The quantitative estimate of drug-likeness (QED) is 0.340. The number of ketones is 1. The van der Waals surface area contributed by atoms with Gasteiger partial charge in [0.25, 0.3) is 0 Å². The van der Waals surface area contributed by atoms with Crippen LogP contribution in [-0.2, 0) is 28.6 Å². The number of hydrogen-bond acceptors (Lipinski definition) is 6. The van der Waals surface area contributed by atoms with Crippen LogP contribution in [0.15, 0.2) is 35.6 Å². The summed E-state index contributed by atoms with van der Waals surface area (Å²) >= 11 is 4.21. The minimum atomic E-state index is -1.44. The average Bonchev–Trinajstić information content (AvgIpc) is 3.04. The lowest BCUT2D eigenvalue weighted by Gasteiger charge is -2.61. The van der Waals surface area contributed by atoms with Crippen molar-refractivity contribution in [1.29, 1.82) is 0 Å². The Morgan fingerprint density at radius 1 is 1.20 bits per heavy atom. The first kappa shape index (κ1) is 26.1. The van der Waals surface area contributed by atoms with Crippen molar-refractivity contribution in [2.24, 2.45) is 28.6 Å². The van der Waals surface area contributed by atoms with E-state index < -0.39 is 42.0 Å². The van der Waals surface area contributed by atoms with Gasteiger partial charge in [0.1, 0.15) is 5.76 Å². The van der Waals surface area contributed by atoms with E-state index in [0.29, 0.717) is 12.8 Å². The zero-order valence-corrected chi connectivity index (χ0v) is 22.6. The van der Waals surface area contributed by atoms with Gasteiger partial charge >= 0.3 is 11.9 Å². The molecule has 4 aliphatic carbocycles. The Labute approximate surface area is 214 Å². The molecular weight excluding hydrogens is 519 g/mol. The predicted molar refractivity (Wildman–Crippen MR) is 131 cm³/mol. The molecule has 0 unspecified atom stereocenters. The molecule has 0 N–H and O–H groups in total. The summed E-state index contributed by atoms with van der Waals surface area (Å²) in [5, 5.41) is 0. The molecule has 7 atom stereocenters. The number of hydrogen-bond donors (Lipinski definition) is 0. The zero-order valence-electron chi connectivity index (χ0n) is 21.0. The molecule has 6 nitrogen and oxygen atoms in total. The molecule has 0 aliphatic heterocycles. The molecule has 2 fully saturated rings. The van der Waals surface area contributed by atoms with Gasteiger partial charge in [-0.1, -0.05) is 48.9 Å². The van der Waals surface area contributed by atoms with E-state index >= 15 is 0 Å². The third kappa shape index (κ3) is 3.57. The third-order valence-electron chi connectivity index (χ3n) is 9.41. The summed E-state index contributed by atoms with van der Waals surface area (Å²) in [6.07, 6.45) is 11.5. The molecule has 0 saturated heterocycles. The molecule has 0 bridgehead atoms. The number of carbonyl (C=O) groups excluding carboxylic acids is 3. The Kier molecular flexibility index (Phi) is 6.61. The van der Waals surface area contributed by atoms with Crippen molar-refractivity contribution in [2.75, 3.05) is 20.4 Å². The number of allylic oxidation sites excluding steroid dienone is 5. The number of alkyl halides is 2. The number of Topliss-reactive ketones (excluding diaryl/α,β-unsaturated/α-hetero) is 1. The highest BCUT2D eigenvalue weighted by atomic mass is 79.9.